The maximum absolute atomic E-state index is 13.7. The van der Waals surface area contributed by atoms with Gasteiger partial charge >= 0.3 is 0 Å². The summed E-state index contributed by atoms with van der Waals surface area (Å²) in [5, 5.41) is 0. The van der Waals surface area contributed by atoms with Crippen LogP contribution in [0.4, 0.5) is 10.1 Å². The molecule has 0 N–H and O–H groups in total. The number of carbonyl (C=O) groups is 1. The molecule has 3 atom stereocenters. The van der Waals surface area contributed by atoms with Crippen molar-refractivity contribution in [1.29, 1.82) is 0 Å². The molecule has 0 aliphatic carbocycles. The first kappa shape index (κ1) is 24.8. The third-order valence-electron chi connectivity index (χ3n) is 6.85. The van der Waals surface area contributed by atoms with Crippen LogP contribution in [0, 0.1) is 11.9 Å². The Hall–Kier alpha value is -3.28. The molecule has 3 aromatic carbocycles. The van der Waals surface area contributed by atoms with Gasteiger partial charge in [-0.15, -0.1) is 6.58 Å². The second kappa shape index (κ2) is 11.0. The number of nitrogens with zero attached hydrogens (tertiary/aromatic N) is 3. The van der Waals surface area contributed by atoms with Crippen molar-refractivity contribution in [2.45, 2.75) is 32.0 Å². The first-order valence-electron chi connectivity index (χ1n) is 12.1. The molecule has 1 aliphatic rings. The second-order valence-electron chi connectivity index (χ2n) is 9.35. The zero-order valence-electron chi connectivity index (χ0n) is 20.7. The van der Waals surface area contributed by atoms with Crippen LogP contribution >= 0.6 is 0 Å². The molecule has 1 fully saturated rings. The summed E-state index contributed by atoms with van der Waals surface area (Å²) in [5.41, 5.74) is 3.30. The lowest BCUT2D eigenvalue weighted by Gasteiger charge is -2.47. The molecule has 1 saturated heterocycles. The van der Waals surface area contributed by atoms with E-state index >= 15 is 0 Å². The van der Waals surface area contributed by atoms with Gasteiger partial charge in [0.2, 0.25) is 0 Å². The zero-order chi connectivity index (χ0) is 24.9. The Morgan fingerprint density at radius 2 is 1.89 bits per heavy atom. The number of anilines is 1. The van der Waals surface area contributed by atoms with Crippen LogP contribution in [0.1, 0.15) is 41.4 Å². The van der Waals surface area contributed by atoms with Gasteiger partial charge in [0.05, 0.1) is 6.04 Å². The van der Waals surface area contributed by atoms with E-state index in [1.54, 1.807) is 19.2 Å². The fourth-order valence-corrected chi connectivity index (χ4v) is 5.00. The van der Waals surface area contributed by atoms with Crippen LogP contribution in [0.2, 0.25) is 0 Å². The van der Waals surface area contributed by atoms with Gasteiger partial charge < -0.3 is 4.90 Å². The summed E-state index contributed by atoms with van der Waals surface area (Å²) in [6.45, 7) is 11.1. The molecule has 35 heavy (non-hydrogen) atoms. The van der Waals surface area contributed by atoms with Gasteiger partial charge in [-0.1, -0.05) is 42.5 Å². The highest BCUT2D eigenvalue weighted by atomic mass is 19.1. The van der Waals surface area contributed by atoms with Crippen LogP contribution in [0.3, 0.4) is 0 Å². The molecule has 0 bridgehead atoms. The number of halogens is 1. The highest BCUT2D eigenvalue weighted by Gasteiger charge is 2.34. The van der Waals surface area contributed by atoms with Crippen molar-refractivity contribution in [3.05, 3.63) is 114 Å². The van der Waals surface area contributed by atoms with Gasteiger partial charge in [-0.2, -0.15) is 0 Å². The predicted octanol–water partition coefficient (Wildman–Crippen LogP) is 5.57. The number of rotatable bonds is 7. The van der Waals surface area contributed by atoms with Crippen molar-refractivity contribution in [1.82, 2.24) is 9.80 Å². The van der Waals surface area contributed by atoms with Crippen LogP contribution < -0.4 is 4.90 Å². The standard InChI is InChI=1S/C30H33FN3O/c1-5-17-33-20-23(3)34(21-22(33)2)29(24-11-7-6-8-12-24)25-13-9-14-26(18-25)30(35)32(4)28-16-10-15-27(31)19-28/h5-7,9-16,18-19,22-23,29H,1,17,20-21H2,2-4H3/t22-,23+,29-/m1/s1. The quantitative estimate of drug-likeness (QED) is 0.422. The predicted molar refractivity (Wildman–Crippen MR) is 140 cm³/mol. The summed E-state index contributed by atoms with van der Waals surface area (Å²) in [5.74, 6) is -0.539. The molecule has 4 rings (SSSR count). The van der Waals surface area contributed by atoms with E-state index in [2.05, 4.69) is 48.4 Å². The minimum Gasteiger partial charge on any atom is -0.311 e. The monoisotopic (exact) mass is 470 g/mol. The number of carbonyl (C=O) groups excluding carboxylic acids is 1. The molecule has 1 heterocycles. The van der Waals surface area contributed by atoms with E-state index in [4.69, 9.17) is 0 Å². The molecule has 0 unspecified atom stereocenters. The average molecular weight is 471 g/mol. The first-order valence-corrected chi connectivity index (χ1v) is 12.1. The van der Waals surface area contributed by atoms with Crippen LogP contribution in [0.5, 0.6) is 0 Å². The molecular weight excluding hydrogens is 437 g/mol. The number of hydrogen-bond acceptors (Lipinski definition) is 3. The summed E-state index contributed by atoms with van der Waals surface area (Å²) >= 11 is 0. The van der Waals surface area contributed by atoms with E-state index < -0.39 is 0 Å². The van der Waals surface area contributed by atoms with E-state index in [0.717, 1.165) is 30.8 Å². The largest absolute Gasteiger partial charge is 0.311 e. The maximum Gasteiger partial charge on any atom is 0.258 e. The van der Waals surface area contributed by atoms with Gasteiger partial charge in [0.25, 0.3) is 5.91 Å². The average Bonchev–Trinajstić information content (AvgIpc) is 2.87. The van der Waals surface area contributed by atoms with E-state index in [0.29, 0.717) is 23.3 Å². The van der Waals surface area contributed by atoms with E-state index in [-0.39, 0.29) is 17.8 Å². The van der Waals surface area contributed by atoms with E-state index in [1.807, 2.05) is 42.5 Å². The minimum absolute atomic E-state index is 0.0111. The van der Waals surface area contributed by atoms with Gasteiger partial charge in [-0.05, 0) is 67.4 Å². The van der Waals surface area contributed by atoms with Crippen LogP contribution in [0.25, 0.3) is 0 Å². The SMILES string of the molecule is C=CCN1C[C@H](C)N([C@H](c2c[c]ccc2)c2cccc(C(=O)N(C)c3cccc(F)c3)c2)C[C@H]1C. The van der Waals surface area contributed by atoms with Crippen molar-refractivity contribution in [2.75, 3.05) is 31.6 Å². The van der Waals surface area contributed by atoms with Gasteiger partial charge in [0.1, 0.15) is 5.82 Å². The summed E-state index contributed by atoms with van der Waals surface area (Å²) in [6.07, 6.45) is 1.96. The highest BCUT2D eigenvalue weighted by molar-refractivity contribution is 6.05. The van der Waals surface area contributed by atoms with Gasteiger partial charge in [-0.3, -0.25) is 14.6 Å². The Morgan fingerprint density at radius 1 is 1.11 bits per heavy atom. The Bertz CT molecular complexity index is 1170. The normalized spacial score (nSPS) is 19.8. The Balaban J connectivity index is 1.68. The fraction of sp³-hybridized carbons (Fsp3) is 0.300. The number of hydrogen-bond donors (Lipinski definition) is 0. The van der Waals surface area contributed by atoms with E-state index in [1.165, 1.54) is 17.0 Å². The zero-order valence-corrected chi connectivity index (χ0v) is 20.7. The molecule has 181 valence electrons. The first-order chi connectivity index (χ1) is 16.9. The highest BCUT2D eigenvalue weighted by Crippen LogP contribution is 2.34. The van der Waals surface area contributed by atoms with E-state index in [9.17, 15) is 9.18 Å². The lowest BCUT2D eigenvalue weighted by molar-refractivity contribution is 0.0306. The van der Waals surface area contributed by atoms with Crippen LogP contribution in [-0.4, -0.2) is 54.5 Å². The minimum atomic E-state index is -0.366. The second-order valence-corrected chi connectivity index (χ2v) is 9.35. The fourth-order valence-electron chi connectivity index (χ4n) is 5.00. The summed E-state index contributed by atoms with van der Waals surface area (Å²) < 4.78 is 13.7. The third-order valence-corrected chi connectivity index (χ3v) is 6.85. The molecule has 1 aliphatic heterocycles. The van der Waals surface area contributed by atoms with Crippen molar-refractivity contribution in [3.8, 4) is 0 Å². The Morgan fingerprint density at radius 3 is 2.60 bits per heavy atom. The van der Waals surface area contributed by atoms with Crippen molar-refractivity contribution >= 4 is 11.6 Å². The number of piperazine rings is 1. The molecule has 0 spiro atoms. The smallest absolute Gasteiger partial charge is 0.258 e. The number of benzene rings is 3. The molecule has 1 radical (unpaired) electrons. The van der Waals surface area contributed by atoms with Gasteiger partial charge in [0, 0.05) is 50.0 Å². The summed E-state index contributed by atoms with van der Waals surface area (Å²) in [7, 11) is 1.68. The lowest BCUT2D eigenvalue weighted by Crippen LogP contribution is -2.57. The summed E-state index contributed by atoms with van der Waals surface area (Å²) in [6, 6.07) is 25.9. The molecule has 4 nitrogen and oxygen atoms in total. The van der Waals surface area contributed by atoms with Crippen LogP contribution in [-0.2, 0) is 0 Å². The van der Waals surface area contributed by atoms with Crippen LogP contribution in [0.15, 0.2) is 85.5 Å². The molecule has 0 saturated carbocycles. The van der Waals surface area contributed by atoms with Crippen molar-refractivity contribution in [3.63, 3.8) is 0 Å². The number of amides is 1. The van der Waals surface area contributed by atoms with Gasteiger partial charge in [-0.25, -0.2) is 4.39 Å². The molecule has 5 heteroatoms. The topological polar surface area (TPSA) is 26.8 Å². The summed E-state index contributed by atoms with van der Waals surface area (Å²) in [4.78, 5) is 19.8. The lowest BCUT2D eigenvalue weighted by atomic mass is 9.92. The molecule has 1 amide bonds. The Kier molecular flexibility index (Phi) is 7.79. The van der Waals surface area contributed by atoms with Crippen molar-refractivity contribution < 1.29 is 9.18 Å². The molecular formula is C30H33FN3O. The molecule has 3 aromatic rings. The Labute approximate surface area is 208 Å². The maximum atomic E-state index is 13.7. The third kappa shape index (κ3) is 5.53. The molecule has 0 aromatic heterocycles. The van der Waals surface area contributed by atoms with Gasteiger partial charge in [0.15, 0.2) is 0 Å². The van der Waals surface area contributed by atoms with Crippen molar-refractivity contribution in [2.24, 2.45) is 0 Å².